The van der Waals surface area contributed by atoms with Gasteiger partial charge in [-0.05, 0) is 36.7 Å². The highest BCUT2D eigenvalue weighted by molar-refractivity contribution is 8.18. The largest absolute Gasteiger partial charge is 0.465 e. The quantitative estimate of drug-likeness (QED) is 0.798. The Kier molecular flexibility index (Phi) is 3.83. The first-order valence-corrected chi connectivity index (χ1v) is 7.53. The number of hydrogen-bond acceptors (Lipinski definition) is 5. The SMILES string of the molecule is O=C(CN1C(=O)SC(=Cc2ccco2)C1=O)N1CCCC1. The summed E-state index contributed by atoms with van der Waals surface area (Å²) in [7, 11) is 0. The van der Waals surface area contributed by atoms with Crippen molar-refractivity contribution in [3.63, 3.8) is 0 Å². The molecule has 2 fully saturated rings. The Morgan fingerprint density at radius 3 is 2.76 bits per heavy atom. The number of carbonyl (C=O) groups is 3. The molecule has 0 saturated carbocycles. The van der Waals surface area contributed by atoms with Crippen LogP contribution in [0.3, 0.4) is 0 Å². The molecule has 0 aromatic carbocycles. The van der Waals surface area contributed by atoms with Gasteiger partial charge in [0.15, 0.2) is 0 Å². The summed E-state index contributed by atoms with van der Waals surface area (Å²) in [6.45, 7) is 1.23. The average molecular weight is 306 g/mol. The molecule has 0 N–H and O–H groups in total. The number of rotatable bonds is 3. The van der Waals surface area contributed by atoms with E-state index in [4.69, 9.17) is 4.42 Å². The predicted octanol–water partition coefficient (Wildman–Crippen LogP) is 1.94. The fourth-order valence-electron chi connectivity index (χ4n) is 2.34. The molecule has 0 aliphatic carbocycles. The maximum absolute atomic E-state index is 12.2. The van der Waals surface area contributed by atoms with Gasteiger partial charge in [-0.15, -0.1) is 0 Å². The number of imide groups is 1. The van der Waals surface area contributed by atoms with Gasteiger partial charge in [-0.1, -0.05) is 0 Å². The molecule has 0 radical (unpaired) electrons. The van der Waals surface area contributed by atoms with Crippen LogP contribution in [0.2, 0.25) is 0 Å². The summed E-state index contributed by atoms with van der Waals surface area (Å²) in [6.07, 6.45) is 4.97. The summed E-state index contributed by atoms with van der Waals surface area (Å²) in [6, 6.07) is 3.40. The van der Waals surface area contributed by atoms with Crippen molar-refractivity contribution in [3.8, 4) is 0 Å². The Labute approximate surface area is 125 Å². The van der Waals surface area contributed by atoms with Crippen molar-refractivity contribution < 1.29 is 18.8 Å². The summed E-state index contributed by atoms with van der Waals surface area (Å²) in [5.41, 5.74) is 0. The highest BCUT2D eigenvalue weighted by Crippen LogP contribution is 2.32. The minimum absolute atomic E-state index is 0.172. The van der Waals surface area contributed by atoms with E-state index in [1.807, 2.05) is 0 Å². The molecule has 2 aliphatic heterocycles. The van der Waals surface area contributed by atoms with Gasteiger partial charge in [-0.3, -0.25) is 19.3 Å². The molecule has 3 rings (SSSR count). The van der Waals surface area contributed by atoms with E-state index >= 15 is 0 Å². The van der Waals surface area contributed by atoms with Crippen molar-refractivity contribution in [2.24, 2.45) is 0 Å². The monoisotopic (exact) mass is 306 g/mol. The number of carbonyl (C=O) groups excluding carboxylic acids is 3. The molecule has 3 heterocycles. The molecule has 6 nitrogen and oxygen atoms in total. The third-order valence-corrected chi connectivity index (χ3v) is 4.35. The normalized spacial score (nSPS) is 20.9. The van der Waals surface area contributed by atoms with E-state index in [-0.39, 0.29) is 17.4 Å². The second-order valence-corrected chi connectivity index (χ2v) is 5.86. The molecule has 0 unspecified atom stereocenters. The fourth-order valence-corrected chi connectivity index (χ4v) is 3.16. The van der Waals surface area contributed by atoms with Crippen LogP contribution in [0.25, 0.3) is 6.08 Å². The molecule has 0 bridgehead atoms. The highest BCUT2D eigenvalue weighted by Gasteiger charge is 2.37. The minimum atomic E-state index is -0.436. The Hall–Kier alpha value is -2.02. The zero-order valence-electron chi connectivity index (χ0n) is 11.3. The second kappa shape index (κ2) is 5.77. The lowest BCUT2D eigenvalue weighted by Gasteiger charge is -2.18. The number of furan rings is 1. The van der Waals surface area contributed by atoms with E-state index in [1.54, 1.807) is 17.0 Å². The molecule has 0 spiro atoms. The van der Waals surface area contributed by atoms with Crippen molar-refractivity contribution in [1.82, 2.24) is 9.80 Å². The lowest BCUT2D eigenvalue weighted by molar-refractivity contribution is -0.135. The lowest BCUT2D eigenvalue weighted by Crippen LogP contribution is -2.40. The number of likely N-dealkylation sites (tertiary alicyclic amines) is 1. The average Bonchev–Trinajstić information content (AvgIpc) is 3.18. The summed E-state index contributed by atoms with van der Waals surface area (Å²) in [4.78, 5) is 39.1. The Morgan fingerprint density at radius 2 is 2.10 bits per heavy atom. The molecular formula is C14H14N2O4S. The molecule has 1 aromatic rings. The van der Waals surface area contributed by atoms with Gasteiger partial charge >= 0.3 is 0 Å². The molecule has 21 heavy (non-hydrogen) atoms. The number of amides is 3. The third kappa shape index (κ3) is 2.87. The molecule has 7 heteroatoms. The Morgan fingerprint density at radius 1 is 1.33 bits per heavy atom. The zero-order valence-corrected chi connectivity index (χ0v) is 12.1. The molecule has 0 atom stereocenters. The lowest BCUT2D eigenvalue weighted by atomic mass is 10.3. The van der Waals surface area contributed by atoms with Gasteiger partial charge in [-0.25, -0.2) is 0 Å². The number of thioether (sulfide) groups is 1. The maximum atomic E-state index is 12.2. The molecule has 1 aromatic heterocycles. The van der Waals surface area contributed by atoms with Crippen molar-refractivity contribution in [3.05, 3.63) is 29.1 Å². The summed E-state index contributed by atoms with van der Waals surface area (Å²) in [5.74, 6) is -0.102. The van der Waals surface area contributed by atoms with Crippen molar-refractivity contribution in [2.75, 3.05) is 19.6 Å². The highest BCUT2D eigenvalue weighted by atomic mass is 32.2. The van der Waals surface area contributed by atoms with Crippen molar-refractivity contribution in [1.29, 1.82) is 0 Å². The first kappa shape index (κ1) is 13.9. The number of hydrogen-bond donors (Lipinski definition) is 0. The predicted molar refractivity (Wildman–Crippen MR) is 77.2 cm³/mol. The maximum Gasteiger partial charge on any atom is 0.294 e. The van der Waals surface area contributed by atoms with E-state index in [1.165, 1.54) is 12.3 Å². The zero-order chi connectivity index (χ0) is 14.8. The Balaban J connectivity index is 1.70. The molecule has 3 amide bonds. The van der Waals surface area contributed by atoms with E-state index in [9.17, 15) is 14.4 Å². The van der Waals surface area contributed by atoms with Crippen LogP contribution in [0.4, 0.5) is 4.79 Å². The van der Waals surface area contributed by atoms with Crippen molar-refractivity contribution in [2.45, 2.75) is 12.8 Å². The first-order valence-electron chi connectivity index (χ1n) is 6.72. The van der Waals surface area contributed by atoms with Crippen LogP contribution < -0.4 is 0 Å². The number of nitrogens with zero attached hydrogens (tertiary/aromatic N) is 2. The van der Waals surface area contributed by atoms with Gasteiger partial charge in [0.2, 0.25) is 5.91 Å². The van der Waals surface area contributed by atoms with Gasteiger partial charge in [0, 0.05) is 19.2 Å². The van der Waals surface area contributed by atoms with Gasteiger partial charge in [-0.2, -0.15) is 0 Å². The standard InChI is InChI=1S/C14H14N2O4S/c17-12(15-5-1-2-6-15)9-16-13(18)11(21-14(16)19)8-10-4-3-7-20-10/h3-4,7-8H,1-2,5-6,9H2. The van der Waals surface area contributed by atoms with Crippen LogP contribution in [0.1, 0.15) is 18.6 Å². The van der Waals surface area contributed by atoms with Crippen LogP contribution in [-0.4, -0.2) is 46.5 Å². The topological polar surface area (TPSA) is 70.8 Å². The van der Waals surface area contributed by atoms with Crippen LogP contribution in [0.5, 0.6) is 0 Å². The van der Waals surface area contributed by atoms with Gasteiger partial charge < -0.3 is 9.32 Å². The molecular weight excluding hydrogens is 292 g/mol. The molecule has 2 aliphatic rings. The van der Waals surface area contributed by atoms with E-state index in [0.29, 0.717) is 18.8 Å². The van der Waals surface area contributed by atoms with Gasteiger partial charge in [0.1, 0.15) is 12.3 Å². The minimum Gasteiger partial charge on any atom is -0.465 e. The summed E-state index contributed by atoms with van der Waals surface area (Å²) in [5, 5.41) is -0.412. The first-order chi connectivity index (χ1) is 10.1. The third-order valence-electron chi connectivity index (χ3n) is 3.44. The summed E-state index contributed by atoms with van der Waals surface area (Å²) >= 11 is 0.832. The van der Waals surface area contributed by atoms with E-state index in [2.05, 4.69) is 0 Å². The van der Waals surface area contributed by atoms with Gasteiger partial charge in [0.25, 0.3) is 11.1 Å². The fraction of sp³-hybridized carbons (Fsp3) is 0.357. The van der Waals surface area contributed by atoms with E-state index < -0.39 is 11.1 Å². The molecule has 110 valence electrons. The second-order valence-electron chi connectivity index (χ2n) is 4.87. The van der Waals surface area contributed by atoms with Gasteiger partial charge in [0.05, 0.1) is 11.2 Å². The van der Waals surface area contributed by atoms with Crippen LogP contribution in [0.15, 0.2) is 27.7 Å². The Bertz CT molecular complexity index is 603. The van der Waals surface area contributed by atoms with Crippen LogP contribution in [-0.2, 0) is 9.59 Å². The van der Waals surface area contributed by atoms with Crippen LogP contribution >= 0.6 is 11.8 Å². The van der Waals surface area contributed by atoms with E-state index in [0.717, 1.165) is 29.5 Å². The molecule has 2 saturated heterocycles. The smallest absolute Gasteiger partial charge is 0.294 e. The summed E-state index contributed by atoms with van der Waals surface area (Å²) < 4.78 is 5.13. The van der Waals surface area contributed by atoms with Crippen molar-refractivity contribution >= 4 is 34.9 Å². The van der Waals surface area contributed by atoms with Crippen LogP contribution in [0, 0.1) is 0 Å².